The van der Waals surface area contributed by atoms with Crippen molar-refractivity contribution in [1.82, 2.24) is 0 Å². The average molecular weight is 386 g/mol. The maximum atomic E-state index is 12.8. The topological polar surface area (TPSA) is 17.1 Å². The highest BCUT2D eigenvalue weighted by molar-refractivity contribution is 5.94. The molecule has 0 spiro atoms. The van der Waals surface area contributed by atoms with Crippen LogP contribution >= 0.6 is 0 Å². The molecule has 0 aromatic heterocycles. The van der Waals surface area contributed by atoms with Gasteiger partial charge in [0.25, 0.3) is 0 Å². The van der Waals surface area contributed by atoms with Gasteiger partial charge < -0.3 is 0 Å². The summed E-state index contributed by atoms with van der Waals surface area (Å²) in [5, 5.41) is 0. The van der Waals surface area contributed by atoms with E-state index < -0.39 is 35.2 Å². The fraction of sp³-hybridized carbons (Fsp3) is 0.250. The molecule has 27 heavy (non-hydrogen) atoms. The summed E-state index contributed by atoms with van der Waals surface area (Å²) in [5.41, 5.74) is -1.04. The number of allylic oxidation sites excluding steroid dienone is 1. The first-order valence-corrected chi connectivity index (χ1v) is 8.02. The van der Waals surface area contributed by atoms with Crippen molar-refractivity contribution < 1.29 is 31.1 Å². The standard InChI is InChI=1S/C20H16F6O/c1-13(15-5-3-7-17(12-15)20(24,25)26)10-18(27)9-8-14-4-2-6-16(11-14)19(21,22)23/h2-9,11-13H,10H2,1H3/b9-8+. The van der Waals surface area contributed by atoms with Gasteiger partial charge in [-0.05, 0) is 41.3 Å². The Morgan fingerprint density at radius 1 is 0.926 bits per heavy atom. The normalized spacial score (nSPS) is 13.7. The molecule has 144 valence electrons. The van der Waals surface area contributed by atoms with Crippen LogP contribution in [0.25, 0.3) is 6.08 Å². The molecule has 0 aliphatic carbocycles. The molecule has 0 heterocycles. The largest absolute Gasteiger partial charge is 0.416 e. The molecular weight excluding hydrogens is 370 g/mol. The van der Waals surface area contributed by atoms with Crippen molar-refractivity contribution in [3.05, 3.63) is 76.9 Å². The van der Waals surface area contributed by atoms with Crippen LogP contribution in [-0.2, 0) is 17.1 Å². The zero-order chi connectivity index (χ0) is 20.2. The van der Waals surface area contributed by atoms with Gasteiger partial charge in [-0.3, -0.25) is 4.79 Å². The summed E-state index contributed by atoms with van der Waals surface area (Å²) in [4.78, 5) is 12.0. The molecule has 0 amide bonds. The van der Waals surface area contributed by atoms with Gasteiger partial charge in [-0.25, -0.2) is 0 Å². The Balaban J connectivity index is 2.06. The van der Waals surface area contributed by atoms with Crippen LogP contribution in [0, 0.1) is 0 Å². The average Bonchev–Trinajstić information content (AvgIpc) is 2.59. The monoisotopic (exact) mass is 386 g/mol. The lowest BCUT2D eigenvalue weighted by Gasteiger charge is -2.13. The lowest BCUT2D eigenvalue weighted by molar-refractivity contribution is -0.138. The molecule has 0 aliphatic heterocycles. The summed E-state index contributed by atoms with van der Waals surface area (Å²) in [6.07, 6.45) is -6.61. The lowest BCUT2D eigenvalue weighted by Crippen LogP contribution is -2.07. The first kappa shape index (κ1) is 20.7. The third-order valence-electron chi connectivity index (χ3n) is 3.97. The quantitative estimate of drug-likeness (QED) is 0.423. The summed E-state index contributed by atoms with van der Waals surface area (Å²) in [6.45, 7) is 1.62. The van der Waals surface area contributed by atoms with Gasteiger partial charge in [-0.1, -0.05) is 43.3 Å². The molecule has 2 rings (SSSR count). The number of benzene rings is 2. The van der Waals surface area contributed by atoms with E-state index in [1.165, 1.54) is 30.3 Å². The van der Waals surface area contributed by atoms with Crippen LogP contribution in [-0.4, -0.2) is 5.78 Å². The van der Waals surface area contributed by atoms with Crippen molar-refractivity contribution in [2.24, 2.45) is 0 Å². The van der Waals surface area contributed by atoms with Crippen molar-refractivity contribution in [3.63, 3.8) is 0 Å². The Kier molecular flexibility index (Phi) is 6.13. The minimum atomic E-state index is -4.48. The number of hydrogen-bond donors (Lipinski definition) is 0. The van der Waals surface area contributed by atoms with E-state index in [4.69, 9.17) is 0 Å². The number of hydrogen-bond acceptors (Lipinski definition) is 1. The smallest absolute Gasteiger partial charge is 0.295 e. The van der Waals surface area contributed by atoms with E-state index in [0.717, 1.165) is 30.3 Å². The number of carbonyl (C=O) groups excluding carboxylic acids is 1. The number of alkyl halides is 6. The zero-order valence-electron chi connectivity index (χ0n) is 14.2. The Morgan fingerprint density at radius 2 is 1.48 bits per heavy atom. The predicted octanol–water partition coefficient (Wildman–Crippen LogP) is 6.50. The summed E-state index contributed by atoms with van der Waals surface area (Å²) in [7, 11) is 0. The van der Waals surface area contributed by atoms with Crippen LogP contribution < -0.4 is 0 Å². The Morgan fingerprint density at radius 3 is 2.07 bits per heavy atom. The summed E-state index contributed by atoms with van der Waals surface area (Å²) in [5.74, 6) is -0.858. The number of carbonyl (C=O) groups is 1. The highest BCUT2D eigenvalue weighted by Crippen LogP contribution is 2.32. The third kappa shape index (κ3) is 5.98. The molecule has 0 fully saturated rings. The Labute approximate surface area is 152 Å². The van der Waals surface area contributed by atoms with Crippen molar-refractivity contribution >= 4 is 11.9 Å². The molecular formula is C20H16F6O. The number of ketones is 1. The van der Waals surface area contributed by atoms with Crippen LogP contribution in [0.3, 0.4) is 0 Å². The van der Waals surface area contributed by atoms with Crippen LogP contribution in [0.1, 0.15) is 41.5 Å². The fourth-order valence-electron chi connectivity index (χ4n) is 2.52. The third-order valence-corrected chi connectivity index (χ3v) is 3.97. The molecule has 0 aliphatic rings. The molecule has 1 unspecified atom stereocenters. The second kappa shape index (κ2) is 7.98. The highest BCUT2D eigenvalue weighted by Gasteiger charge is 2.31. The minimum Gasteiger partial charge on any atom is -0.295 e. The van der Waals surface area contributed by atoms with Crippen molar-refractivity contribution in [2.75, 3.05) is 0 Å². The molecule has 0 N–H and O–H groups in total. The van der Waals surface area contributed by atoms with Crippen molar-refractivity contribution in [1.29, 1.82) is 0 Å². The van der Waals surface area contributed by atoms with Crippen LogP contribution in [0.4, 0.5) is 26.3 Å². The van der Waals surface area contributed by atoms with Crippen LogP contribution in [0.2, 0.25) is 0 Å². The predicted molar refractivity (Wildman–Crippen MR) is 90.0 cm³/mol. The van der Waals surface area contributed by atoms with E-state index in [1.54, 1.807) is 6.92 Å². The van der Waals surface area contributed by atoms with E-state index in [-0.39, 0.29) is 12.0 Å². The number of halogens is 6. The van der Waals surface area contributed by atoms with E-state index in [9.17, 15) is 31.1 Å². The van der Waals surface area contributed by atoms with E-state index in [0.29, 0.717) is 5.56 Å². The molecule has 0 bridgehead atoms. The maximum Gasteiger partial charge on any atom is 0.416 e. The van der Waals surface area contributed by atoms with Crippen LogP contribution in [0.5, 0.6) is 0 Å². The Bertz CT molecular complexity index is 833. The van der Waals surface area contributed by atoms with Gasteiger partial charge in [-0.2, -0.15) is 26.3 Å². The second-order valence-electron chi connectivity index (χ2n) is 6.15. The SMILES string of the molecule is CC(CC(=O)/C=C/c1cccc(C(F)(F)F)c1)c1cccc(C(F)(F)F)c1. The summed E-state index contributed by atoms with van der Waals surface area (Å²) >= 11 is 0. The van der Waals surface area contributed by atoms with Gasteiger partial charge in [0.15, 0.2) is 5.78 Å². The molecule has 0 saturated carbocycles. The lowest BCUT2D eigenvalue weighted by atomic mass is 9.94. The molecule has 1 nitrogen and oxygen atoms in total. The Hall–Kier alpha value is -2.57. The van der Waals surface area contributed by atoms with Gasteiger partial charge in [0.1, 0.15) is 0 Å². The molecule has 7 heteroatoms. The molecule has 0 saturated heterocycles. The fourth-order valence-corrected chi connectivity index (χ4v) is 2.52. The highest BCUT2D eigenvalue weighted by atomic mass is 19.4. The minimum absolute atomic E-state index is 0.0588. The maximum absolute atomic E-state index is 12.8. The first-order chi connectivity index (χ1) is 12.5. The molecule has 2 aromatic carbocycles. The zero-order valence-corrected chi connectivity index (χ0v) is 14.2. The van der Waals surface area contributed by atoms with Crippen molar-refractivity contribution in [3.8, 4) is 0 Å². The van der Waals surface area contributed by atoms with Gasteiger partial charge >= 0.3 is 12.4 Å². The van der Waals surface area contributed by atoms with Gasteiger partial charge in [-0.15, -0.1) is 0 Å². The molecule has 0 radical (unpaired) electrons. The molecule has 1 atom stereocenters. The van der Waals surface area contributed by atoms with Gasteiger partial charge in [0.2, 0.25) is 0 Å². The first-order valence-electron chi connectivity index (χ1n) is 8.02. The second-order valence-corrected chi connectivity index (χ2v) is 6.15. The van der Waals surface area contributed by atoms with Crippen LogP contribution in [0.15, 0.2) is 54.6 Å². The molecule has 2 aromatic rings. The van der Waals surface area contributed by atoms with Crippen molar-refractivity contribution in [2.45, 2.75) is 31.6 Å². The van der Waals surface area contributed by atoms with E-state index in [1.807, 2.05) is 0 Å². The number of rotatable bonds is 5. The summed E-state index contributed by atoms with van der Waals surface area (Å²) < 4.78 is 76.3. The summed E-state index contributed by atoms with van der Waals surface area (Å²) in [6, 6.07) is 9.23. The van der Waals surface area contributed by atoms with Gasteiger partial charge in [0, 0.05) is 6.42 Å². The van der Waals surface area contributed by atoms with Gasteiger partial charge in [0.05, 0.1) is 11.1 Å². The van der Waals surface area contributed by atoms with E-state index >= 15 is 0 Å². The van der Waals surface area contributed by atoms with E-state index in [2.05, 4.69) is 0 Å².